The molecule has 1 aliphatic carbocycles. The van der Waals surface area contributed by atoms with Gasteiger partial charge in [0.25, 0.3) is 0 Å². The number of carbonyl (C=O) groups excluding carboxylic acids is 1. The van der Waals surface area contributed by atoms with Gasteiger partial charge in [-0.25, -0.2) is 0 Å². The van der Waals surface area contributed by atoms with Gasteiger partial charge < -0.3 is 26.6 Å². The first kappa shape index (κ1) is 21.2. The van der Waals surface area contributed by atoms with E-state index in [-0.39, 0.29) is 30.2 Å². The molecular weight excluding hydrogens is 324 g/mol. The van der Waals surface area contributed by atoms with E-state index in [4.69, 9.17) is 11.1 Å². The molecule has 5 atom stereocenters. The molecule has 8 heteroatoms. The zero-order chi connectivity index (χ0) is 19.1. The number of nitrogens with two attached hydrogens (primary N) is 1. The number of nitrogens with one attached hydrogen (secondary N) is 3. The van der Waals surface area contributed by atoms with Gasteiger partial charge in [0, 0.05) is 24.9 Å². The second-order valence-corrected chi connectivity index (χ2v) is 6.98. The first-order valence-electron chi connectivity index (χ1n) is 9.01. The Bertz CT molecular complexity index is 479. The van der Waals surface area contributed by atoms with Crippen molar-refractivity contribution in [1.82, 2.24) is 10.6 Å². The van der Waals surface area contributed by atoms with Gasteiger partial charge in [0.2, 0.25) is 5.91 Å². The van der Waals surface area contributed by atoms with Crippen molar-refractivity contribution in [3.63, 3.8) is 0 Å². The number of amides is 1. The van der Waals surface area contributed by atoms with E-state index in [1.807, 2.05) is 0 Å². The van der Waals surface area contributed by atoms with Gasteiger partial charge >= 0.3 is 5.97 Å². The van der Waals surface area contributed by atoms with E-state index in [0.717, 1.165) is 25.7 Å². The van der Waals surface area contributed by atoms with Crippen molar-refractivity contribution >= 4 is 17.8 Å². The molecule has 0 radical (unpaired) electrons. The van der Waals surface area contributed by atoms with Crippen molar-refractivity contribution < 1.29 is 19.8 Å². The van der Waals surface area contributed by atoms with Crippen LogP contribution < -0.4 is 16.4 Å². The van der Waals surface area contributed by atoms with Crippen LogP contribution in [0, 0.1) is 23.2 Å². The summed E-state index contributed by atoms with van der Waals surface area (Å²) in [5.74, 6) is -2.89. The number of hydrogen-bond donors (Lipinski definition) is 6. The highest BCUT2D eigenvalue weighted by molar-refractivity contribution is 5.76. The molecular formula is C17H32N4O4. The fourth-order valence-electron chi connectivity index (χ4n) is 4.15. The van der Waals surface area contributed by atoms with Crippen LogP contribution in [-0.2, 0) is 9.59 Å². The summed E-state index contributed by atoms with van der Waals surface area (Å²) in [5.41, 5.74) is 5.45. The molecule has 1 fully saturated rings. The standard InChI is InChI=1S/C17H32N4O4/c1-4-6-10(7-5-2)14(20-9(3)22)13-12(21-17(18)19)8-11(15(13)23)16(24)25/h10-15,23H,4-8H2,1-3H3,(H,20,22)(H,24,25)(H4,18,19,21)/t11-,12+,13+,14?,15+/m0/s1. The molecule has 7 N–H and O–H groups in total. The fraction of sp³-hybridized carbons (Fsp3) is 0.824. The van der Waals surface area contributed by atoms with Gasteiger partial charge in [0.1, 0.15) is 0 Å². The van der Waals surface area contributed by atoms with Gasteiger partial charge in [0.05, 0.1) is 12.0 Å². The summed E-state index contributed by atoms with van der Waals surface area (Å²) < 4.78 is 0. The number of aliphatic carboxylic acids is 1. The number of carboxylic acids is 1. The Hall–Kier alpha value is -1.83. The van der Waals surface area contributed by atoms with E-state index in [1.54, 1.807) is 0 Å². The van der Waals surface area contributed by atoms with Crippen LogP contribution in [0.3, 0.4) is 0 Å². The minimum absolute atomic E-state index is 0.127. The minimum atomic E-state index is -1.11. The van der Waals surface area contributed by atoms with Crippen LogP contribution >= 0.6 is 0 Å². The number of aliphatic hydroxyl groups excluding tert-OH is 1. The van der Waals surface area contributed by atoms with Crippen molar-refractivity contribution in [1.29, 1.82) is 5.41 Å². The van der Waals surface area contributed by atoms with E-state index < -0.39 is 30.0 Å². The quantitative estimate of drug-likeness (QED) is 0.264. The lowest BCUT2D eigenvalue weighted by atomic mass is 9.79. The van der Waals surface area contributed by atoms with Crippen LogP contribution in [0.4, 0.5) is 0 Å². The largest absolute Gasteiger partial charge is 0.481 e. The monoisotopic (exact) mass is 356 g/mol. The predicted octanol–water partition coefficient (Wildman–Crippen LogP) is 0.641. The number of rotatable bonds is 9. The maximum absolute atomic E-state index is 11.8. The average Bonchev–Trinajstić information content (AvgIpc) is 2.80. The molecule has 0 aromatic heterocycles. The third-order valence-corrected chi connectivity index (χ3v) is 5.05. The summed E-state index contributed by atoms with van der Waals surface area (Å²) in [6, 6.07) is -0.838. The summed E-state index contributed by atoms with van der Waals surface area (Å²) in [4.78, 5) is 23.3. The Morgan fingerprint density at radius 3 is 2.24 bits per heavy atom. The zero-order valence-electron chi connectivity index (χ0n) is 15.3. The smallest absolute Gasteiger partial charge is 0.309 e. The highest BCUT2D eigenvalue weighted by Gasteiger charge is 2.50. The van der Waals surface area contributed by atoms with Gasteiger partial charge in [0.15, 0.2) is 5.96 Å². The highest BCUT2D eigenvalue weighted by Crippen LogP contribution is 2.38. The second kappa shape index (κ2) is 9.60. The number of carboxylic acid groups (broad SMARTS) is 1. The predicted molar refractivity (Wildman–Crippen MR) is 95.0 cm³/mol. The molecule has 1 rings (SSSR count). The van der Waals surface area contributed by atoms with E-state index in [9.17, 15) is 19.8 Å². The number of aliphatic hydroxyl groups is 1. The Labute approximate surface area is 149 Å². The summed E-state index contributed by atoms with van der Waals surface area (Å²) in [7, 11) is 0. The van der Waals surface area contributed by atoms with Crippen LogP contribution in [0.25, 0.3) is 0 Å². The topological polar surface area (TPSA) is 149 Å². The molecule has 25 heavy (non-hydrogen) atoms. The minimum Gasteiger partial charge on any atom is -0.481 e. The lowest BCUT2D eigenvalue weighted by Gasteiger charge is -2.37. The molecule has 0 aliphatic heterocycles. The molecule has 0 aromatic rings. The lowest BCUT2D eigenvalue weighted by Crippen LogP contribution is -2.55. The SMILES string of the molecule is CCCC(CCC)C(NC(C)=O)[C@@H]1[C@H](O)[C@@H](C(=O)O)C[C@H]1NC(=N)N. The molecule has 1 saturated carbocycles. The molecule has 1 unspecified atom stereocenters. The van der Waals surface area contributed by atoms with E-state index in [0.29, 0.717) is 0 Å². The molecule has 0 heterocycles. The zero-order valence-corrected chi connectivity index (χ0v) is 15.3. The summed E-state index contributed by atoms with van der Waals surface area (Å²) in [6.07, 6.45) is 2.65. The van der Waals surface area contributed by atoms with Gasteiger partial charge in [-0.3, -0.25) is 15.0 Å². The van der Waals surface area contributed by atoms with Gasteiger partial charge in [-0.15, -0.1) is 0 Å². The molecule has 0 saturated heterocycles. The van der Waals surface area contributed by atoms with E-state index >= 15 is 0 Å². The molecule has 0 spiro atoms. The van der Waals surface area contributed by atoms with Crippen molar-refractivity contribution in [3.05, 3.63) is 0 Å². The van der Waals surface area contributed by atoms with Crippen molar-refractivity contribution in [2.75, 3.05) is 0 Å². The maximum atomic E-state index is 11.8. The van der Waals surface area contributed by atoms with Gasteiger partial charge in [-0.1, -0.05) is 26.7 Å². The third-order valence-electron chi connectivity index (χ3n) is 5.05. The molecule has 8 nitrogen and oxygen atoms in total. The lowest BCUT2D eigenvalue weighted by molar-refractivity contribution is -0.145. The van der Waals surface area contributed by atoms with Gasteiger partial charge in [-0.05, 0) is 25.2 Å². The summed E-state index contributed by atoms with van der Waals surface area (Å²) >= 11 is 0. The van der Waals surface area contributed by atoms with Crippen LogP contribution in [0.1, 0.15) is 52.9 Å². The molecule has 1 aliphatic rings. The summed E-state index contributed by atoms with van der Waals surface area (Å²) in [5, 5.41) is 33.3. The number of guanidine groups is 1. The Balaban J connectivity index is 3.21. The average molecular weight is 356 g/mol. The highest BCUT2D eigenvalue weighted by atomic mass is 16.4. The van der Waals surface area contributed by atoms with Crippen LogP contribution in [0.5, 0.6) is 0 Å². The van der Waals surface area contributed by atoms with Crippen LogP contribution in [0.15, 0.2) is 0 Å². The van der Waals surface area contributed by atoms with Crippen LogP contribution in [0.2, 0.25) is 0 Å². The fourth-order valence-corrected chi connectivity index (χ4v) is 4.15. The third kappa shape index (κ3) is 5.59. The first-order valence-corrected chi connectivity index (χ1v) is 9.01. The number of hydrogen-bond acceptors (Lipinski definition) is 4. The van der Waals surface area contributed by atoms with Crippen molar-refractivity contribution in [2.24, 2.45) is 23.5 Å². The molecule has 1 amide bonds. The molecule has 0 aromatic carbocycles. The maximum Gasteiger partial charge on any atom is 0.309 e. The van der Waals surface area contributed by atoms with E-state index in [2.05, 4.69) is 24.5 Å². The van der Waals surface area contributed by atoms with Crippen molar-refractivity contribution in [2.45, 2.75) is 71.1 Å². The van der Waals surface area contributed by atoms with Crippen LogP contribution in [-0.4, -0.2) is 46.2 Å². The van der Waals surface area contributed by atoms with Crippen molar-refractivity contribution in [3.8, 4) is 0 Å². The Kier molecular flexibility index (Phi) is 8.15. The Morgan fingerprint density at radius 1 is 1.28 bits per heavy atom. The van der Waals surface area contributed by atoms with Gasteiger partial charge in [-0.2, -0.15) is 0 Å². The molecule has 144 valence electrons. The Morgan fingerprint density at radius 2 is 1.84 bits per heavy atom. The second-order valence-electron chi connectivity index (χ2n) is 6.98. The number of carbonyl (C=O) groups is 2. The van der Waals surface area contributed by atoms with E-state index in [1.165, 1.54) is 6.92 Å². The summed E-state index contributed by atoms with van der Waals surface area (Å²) in [6.45, 7) is 5.54. The normalized spacial score (nSPS) is 27.1. The first-order chi connectivity index (χ1) is 11.7. The molecule has 0 bridgehead atoms.